The summed E-state index contributed by atoms with van der Waals surface area (Å²) in [5.74, 6) is -12.9. The SMILES string of the molecule is CC[C@H](C)[C@@H]1NC(=O)CNC(=O)C2CC(=O)[C@H]([C@@H](C)[C@@H](O)CO)NC(=O)[C@@H]3CC(O)CN3C(=O)[C@H](CC(N)=O)CC(=O)C(C[S@@](=O)c3c(c4ccc(OC)cc4n3CCCCCCN)C2)NC(=O)CNC1=O. The molecule has 0 spiro atoms. The monoisotopic (exact) mass is 1030 g/mol. The number of hydrogen-bond acceptors (Lipinski definition) is 15. The molecule has 4 heterocycles. The topological polar surface area (TPSA) is 361 Å². The molecule has 0 radical (unpaired) electrons. The largest absolute Gasteiger partial charge is 0.497 e. The molecule has 398 valence electrons. The second-order valence-corrected chi connectivity index (χ2v) is 20.5. The molecule has 1 aromatic carbocycles. The zero-order chi connectivity index (χ0) is 53.0. The van der Waals surface area contributed by atoms with Crippen molar-refractivity contribution >= 4 is 74.6 Å². The Balaban J connectivity index is 1.81. The fourth-order valence-electron chi connectivity index (χ4n) is 9.59. The minimum atomic E-state index is -2.30. The number of carbonyl (C=O) groups is 9. The highest BCUT2D eigenvalue weighted by Crippen LogP contribution is 2.36. The molecule has 0 aliphatic carbocycles. The van der Waals surface area contributed by atoms with Crippen LogP contribution in [0, 0.1) is 23.7 Å². The Bertz CT molecular complexity index is 2380. The van der Waals surface area contributed by atoms with E-state index in [1.165, 1.54) is 14.0 Å². The van der Waals surface area contributed by atoms with Crippen LogP contribution in [0.4, 0.5) is 0 Å². The number of hydrogen-bond donors (Lipinski definition) is 10. The molecular weight excluding hydrogens is 959 g/mol. The number of aromatic nitrogens is 1. The van der Waals surface area contributed by atoms with Crippen LogP contribution >= 0.6 is 0 Å². The van der Waals surface area contributed by atoms with E-state index < -0.39 is 175 Å². The first-order chi connectivity index (χ1) is 34.2. The van der Waals surface area contributed by atoms with Crippen LogP contribution < -0.4 is 42.8 Å². The highest BCUT2D eigenvalue weighted by Gasteiger charge is 2.45. The van der Waals surface area contributed by atoms with Crippen molar-refractivity contribution < 1.29 is 67.4 Å². The number of primary amides is 1. The second kappa shape index (κ2) is 26.2. The Hall–Kier alpha value is -5.82. The molecule has 3 aliphatic rings. The number of Topliss-reactive ketones (excluding diaryl/α,β-unsaturated/α-hetero) is 2. The number of methoxy groups -OCH3 is 1. The van der Waals surface area contributed by atoms with E-state index in [-0.39, 0.29) is 30.0 Å². The Morgan fingerprint density at radius 3 is 2.22 bits per heavy atom. The predicted molar refractivity (Wildman–Crippen MR) is 261 cm³/mol. The van der Waals surface area contributed by atoms with Gasteiger partial charge in [0.2, 0.25) is 41.4 Å². The maximum atomic E-state index is 15.5. The van der Waals surface area contributed by atoms with Crippen molar-refractivity contribution in [3.63, 3.8) is 0 Å². The van der Waals surface area contributed by atoms with E-state index in [2.05, 4.69) is 26.6 Å². The summed E-state index contributed by atoms with van der Waals surface area (Å²) >= 11 is 0. The zero-order valence-corrected chi connectivity index (χ0v) is 42.1. The number of aliphatic hydroxyl groups excluding tert-OH is 3. The van der Waals surface area contributed by atoms with E-state index in [0.717, 1.165) is 17.7 Å². The molecule has 24 heteroatoms. The summed E-state index contributed by atoms with van der Waals surface area (Å²) in [7, 11) is -0.842. The first-order valence-electron chi connectivity index (χ1n) is 24.6. The molecule has 1 aromatic heterocycles. The molecule has 3 unspecified atom stereocenters. The van der Waals surface area contributed by atoms with Crippen molar-refractivity contribution in [2.75, 3.05) is 45.6 Å². The summed E-state index contributed by atoms with van der Waals surface area (Å²) in [6.07, 6.45) is -2.69. The highest BCUT2D eigenvalue weighted by atomic mass is 32.2. The predicted octanol–water partition coefficient (Wildman–Crippen LogP) is -2.44. The summed E-state index contributed by atoms with van der Waals surface area (Å²) in [6.45, 7) is 2.82. The summed E-state index contributed by atoms with van der Waals surface area (Å²) in [5, 5.41) is 45.2. The van der Waals surface area contributed by atoms with Crippen LogP contribution in [0.2, 0.25) is 0 Å². The lowest BCUT2D eigenvalue weighted by molar-refractivity contribution is -0.145. The van der Waals surface area contributed by atoms with Gasteiger partial charge in [-0.3, -0.25) is 47.4 Å². The highest BCUT2D eigenvalue weighted by molar-refractivity contribution is 7.85. The fraction of sp³-hybridized carbons (Fsp3) is 0.646. The van der Waals surface area contributed by atoms with Gasteiger partial charge in [0.25, 0.3) is 0 Å². The van der Waals surface area contributed by atoms with Crippen molar-refractivity contribution in [3.8, 4) is 5.75 Å². The molecule has 72 heavy (non-hydrogen) atoms. The molecule has 11 atom stereocenters. The van der Waals surface area contributed by atoms with Gasteiger partial charge in [0.05, 0.1) is 79.1 Å². The zero-order valence-electron chi connectivity index (χ0n) is 41.3. The quantitative estimate of drug-likeness (QED) is 0.0879. The molecule has 23 nitrogen and oxygen atoms in total. The van der Waals surface area contributed by atoms with E-state index in [4.69, 9.17) is 16.2 Å². The molecule has 0 saturated carbocycles. The Labute approximate surface area is 420 Å². The number of nitrogens with two attached hydrogens (primary N) is 2. The van der Waals surface area contributed by atoms with Crippen LogP contribution in [0.3, 0.4) is 0 Å². The molecule has 3 aliphatic heterocycles. The fourth-order valence-corrected chi connectivity index (χ4v) is 11.2. The number of aryl methyl sites for hydroxylation is 1. The molecule has 2 aromatic rings. The summed E-state index contributed by atoms with van der Waals surface area (Å²) in [4.78, 5) is 128. The van der Waals surface area contributed by atoms with Crippen molar-refractivity contribution in [2.24, 2.45) is 35.1 Å². The minimum Gasteiger partial charge on any atom is -0.497 e. The second-order valence-electron chi connectivity index (χ2n) is 19.1. The summed E-state index contributed by atoms with van der Waals surface area (Å²) < 4.78 is 22.8. The maximum Gasteiger partial charge on any atom is 0.243 e. The molecule has 5 rings (SSSR count). The van der Waals surface area contributed by atoms with Gasteiger partial charge in [-0.1, -0.05) is 40.0 Å². The van der Waals surface area contributed by atoms with E-state index >= 15 is 4.21 Å². The average Bonchev–Trinajstić information content (AvgIpc) is 3.89. The standard InChI is InChI=1S/C48H71N9O14S/c1-5-25(2)42-46(68)52-20-40(64)53-33-24-72(70)48-32(31-11-10-30(71-4)19-34(31)56(48)13-9-7-6-8-12-49)14-27(44(66)51-21-41(65)54-42)15-37(61)43(26(3)38(62)23-58)55-45(67)35-18-29(59)22-57(35)47(69)28(16-36(33)60)17-39(50)63/h10-11,19,25-29,33,35,38,42-43,58-59,62H,5-9,12-18,20-24,49H2,1-4H3,(H2,50,63)(H,51,66)(H,52,68)(H,53,64)(H,54,65)(H,55,67)/t25-,26-,27?,28-,29?,33?,35-,38-,42-,43-,72+/m0/s1. The lowest BCUT2D eigenvalue weighted by atomic mass is 9.85. The van der Waals surface area contributed by atoms with Crippen LogP contribution in [0.15, 0.2) is 23.2 Å². The number of fused-ring (bicyclic) bond motifs is 5. The van der Waals surface area contributed by atoms with Crippen molar-refractivity contribution in [2.45, 2.75) is 133 Å². The Morgan fingerprint density at radius 1 is 0.889 bits per heavy atom. The molecule has 1 fully saturated rings. The number of benzene rings is 1. The van der Waals surface area contributed by atoms with E-state index in [0.29, 0.717) is 42.5 Å². The van der Waals surface area contributed by atoms with Gasteiger partial charge in [-0.2, -0.15) is 0 Å². The number of carbonyl (C=O) groups excluding carboxylic acids is 9. The van der Waals surface area contributed by atoms with Gasteiger partial charge in [0.1, 0.15) is 22.9 Å². The number of nitrogens with one attached hydrogen (secondary N) is 5. The number of ketones is 2. The van der Waals surface area contributed by atoms with Crippen LogP contribution in [-0.4, -0.2) is 164 Å². The van der Waals surface area contributed by atoms with Gasteiger partial charge in [-0.05, 0) is 49.4 Å². The summed E-state index contributed by atoms with van der Waals surface area (Å²) in [5.41, 5.74) is 12.2. The Morgan fingerprint density at radius 2 is 1.57 bits per heavy atom. The van der Waals surface area contributed by atoms with Gasteiger partial charge in [-0.15, -0.1) is 0 Å². The first-order valence-corrected chi connectivity index (χ1v) is 25.9. The smallest absolute Gasteiger partial charge is 0.243 e. The van der Waals surface area contributed by atoms with Gasteiger partial charge >= 0.3 is 0 Å². The average molecular weight is 1030 g/mol. The number of ether oxygens (including phenoxy) is 1. The maximum absolute atomic E-state index is 15.5. The van der Waals surface area contributed by atoms with Gasteiger partial charge in [0, 0.05) is 62.1 Å². The van der Waals surface area contributed by atoms with Crippen LogP contribution in [0.1, 0.15) is 84.1 Å². The van der Waals surface area contributed by atoms with Gasteiger partial charge < -0.3 is 67.6 Å². The number of rotatable bonds is 14. The lowest BCUT2D eigenvalue weighted by Crippen LogP contribution is -2.56. The van der Waals surface area contributed by atoms with Gasteiger partial charge in [-0.25, -0.2) is 0 Å². The summed E-state index contributed by atoms with van der Waals surface area (Å²) in [6, 6.07) is -1.01. The van der Waals surface area contributed by atoms with Crippen molar-refractivity contribution in [3.05, 3.63) is 23.8 Å². The van der Waals surface area contributed by atoms with Crippen molar-refractivity contribution in [1.29, 1.82) is 0 Å². The first kappa shape index (κ1) is 57.1. The molecule has 1 saturated heterocycles. The van der Waals surface area contributed by atoms with Crippen LogP contribution in [-0.2, 0) is 66.9 Å². The van der Waals surface area contributed by atoms with E-state index in [1.807, 2.05) is 0 Å². The van der Waals surface area contributed by atoms with Crippen LogP contribution in [0.5, 0.6) is 5.75 Å². The molecule has 12 N–H and O–H groups in total. The number of nitrogens with zero attached hydrogens (tertiary/aromatic N) is 2. The van der Waals surface area contributed by atoms with E-state index in [1.54, 1.807) is 36.6 Å². The molecule has 7 amide bonds. The van der Waals surface area contributed by atoms with E-state index in [9.17, 15) is 58.5 Å². The molecule has 2 bridgehead atoms. The normalized spacial score (nSPS) is 26.9. The number of amides is 7. The van der Waals surface area contributed by atoms with Gasteiger partial charge in [0.15, 0.2) is 11.6 Å². The third-order valence-corrected chi connectivity index (χ3v) is 15.5. The number of unbranched alkanes of at least 4 members (excludes halogenated alkanes) is 3. The number of aliphatic hydroxyl groups is 3. The molecular formula is C48H71N9O14S. The third kappa shape index (κ3) is 14.2. The Kier molecular flexibility index (Phi) is 20.8. The van der Waals surface area contributed by atoms with Crippen LogP contribution in [0.25, 0.3) is 10.9 Å². The van der Waals surface area contributed by atoms with Crippen molar-refractivity contribution in [1.82, 2.24) is 36.1 Å². The minimum absolute atomic E-state index is 0.103. The lowest BCUT2D eigenvalue weighted by Gasteiger charge is -2.32. The third-order valence-electron chi connectivity index (χ3n) is 13.9.